The zero-order valence-electron chi connectivity index (χ0n) is 15.0. The van der Waals surface area contributed by atoms with Crippen LogP contribution in [0.1, 0.15) is 29.9 Å². The molecule has 0 saturated carbocycles. The molecule has 0 aliphatic heterocycles. The Balaban J connectivity index is 2.07. The smallest absolute Gasteiger partial charge is 0.253 e. The Morgan fingerprint density at radius 3 is 2.52 bits per heavy atom. The molecular weight excluding hydrogens is 321 g/mol. The van der Waals surface area contributed by atoms with Crippen LogP contribution in [0.3, 0.4) is 0 Å². The first-order valence-corrected chi connectivity index (χ1v) is 8.58. The van der Waals surface area contributed by atoms with Crippen molar-refractivity contribution in [3.63, 3.8) is 0 Å². The number of rotatable bonds is 8. The number of aromatic amines is 1. The summed E-state index contributed by atoms with van der Waals surface area (Å²) in [6.45, 7) is 8.29. The van der Waals surface area contributed by atoms with Crippen molar-refractivity contribution in [3.8, 4) is 11.1 Å². The van der Waals surface area contributed by atoms with Gasteiger partial charge in [0.1, 0.15) is 5.82 Å². The number of likely N-dealkylation sites (N-methyl/N-ethyl adjacent to an activating group) is 1. The number of carbonyl (C=O) groups is 1. The highest BCUT2D eigenvalue weighted by Crippen LogP contribution is 2.26. The van der Waals surface area contributed by atoms with Crippen molar-refractivity contribution < 1.29 is 14.3 Å². The number of carbonyl (C=O) groups excluding carboxylic acids is 1. The monoisotopic (exact) mass is 347 g/mol. The number of hydrogen-bond donors (Lipinski definition) is 3. The molecule has 5 nitrogen and oxygen atoms in total. The van der Waals surface area contributed by atoms with Crippen LogP contribution in [-0.2, 0) is 0 Å². The Kier molecular flexibility index (Phi) is 6.73. The normalized spacial score (nSPS) is 12.4. The molecule has 0 fully saturated rings. The zero-order chi connectivity index (χ0) is 18.4. The van der Waals surface area contributed by atoms with Crippen LogP contribution in [0.15, 0.2) is 30.5 Å². The molecule has 1 atom stereocenters. The molecule has 0 aliphatic rings. The number of H-pyrrole nitrogens is 1. The number of benzene rings is 1. The van der Waals surface area contributed by atoms with Gasteiger partial charge in [0.05, 0.1) is 11.7 Å². The molecule has 0 saturated heterocycles. The molecule has 3 N–H and O–H groups in total. The van der Waals surface area contributed by atoms with Gasteiger partial charge in [0.25, 0.3) is 5.91 Å². The van der Waals surface area contributed by atoms with Crippen molar-refractivity contribution >= 4 is 5.91 Å². The highest BCUT2D eigenvalue weighted by molar-refractivity contribution is 6.02. The fourth-order valence-corrected chi connectivity index (χ4v) is 2.82. The number of aliphatic hydroxyl groups is 1. The summed E-state index contributed by atoms with van der Waals surface area (Å²) in [7, 11) is 0. The molecule has 1 amide bonds. The van der Waals surface area contributed by atoms with E-state index in [1.165, 1.54) is 12.1 Å². The molecule has 2 aromatic rings. The molecule has 25 heavy (non-hydrogen) atoms. The van der Waals surface area contributed by atoms with Gasteiger partial charge in [-0.25, -0.2) is 4.39 Å². The second kappa shape index (κ2) is 8.78. The molecule has 0 radical (unpaired) electrons. The van der Waals surface area contributed by atoms with E-state index in [4.69, 9.17) is 0 Å². The van der Waals surface area contributed by atoms with Crippen molar-refractivity contribution in [2.24, 2.45) is 0 Å². The number of nitrogens with one attached hydrogen (secondary N) is 2. The summed E-state index contributed by atoms with van der Waals surface area (Å²) in [6.07, 6.45) is 1.11. The lowest BCUT2D eigenvalue weighted by atomic mass is 10.0. The highest BCUT2D eigenvalue weighted by atomic mass is 19.1. The van der Waals surface area contributed by atoms with E-state index in [1.807, 2.05) is 20.8 Å². The number of hydrogen-bond acceptors (Lipinski definition) is 3. The molecule has 2 rings (SSSR count). The van der Waals surface area contributed by atoms with Gasteiger partial charge in [-0.15, -0.1) is 0 Å². The molecule has 1 aromatic heterocycles. The van der Waals surface area contributed by atoms with E-state index in [0.29, 0.717) is 17.7 Å². The van der Waals surface area contributed by atoms with E-state index in [1.54, 1.807) is 18.3 Å². The van der Waals surface area contributed by atoms with Crippen molar-refractivity contribution in [2.45, 2.75) is 26.9 Å². The molecule has 0 spiro atoms. The standard InChI is InChI=1S/C19H26FN3O2/c1-4-23(5-2)12-16(24)10-22-19(25)18-13(3)21-11-17(18)14-6-8-15(20)9-7-14/h6-9,11,16,21,24H,4-5,10,12H2,1-3H3,(H,22,25). The average molecular weight is 347 g/mol. The predicted molar refractivity (Wildman–Crippen MR) is 97.1 cm³/mol. The molecule has 0 bridgehead atoms. The maximum absolute atomic E-state index is 13.1. The van der Waals surface area contributed by atoms with Gasteiger partial charge in [0.2, 0.25) is 0 Å². The van der Waals surface area contributed by atoms with E-state index >= 15 is 0 Å². The summed E-state index contributed by atoms with van der Waals surface area (Å²) in [5.41, 5.74) is 2.73. The first-order valence-electron chi connectivity index (χ1n) is 8.58. The van der Waals surface area contributed by atoms with Crippen molar-refractivity contribution in [1.82, 2.24) is 15.2 Å². The van der Waals surface area contributed by atoms with Crippen LogP contribution in [0.2, 0.25) is 0 Å². The Bertz CT molecular complexity index is 693. The van der Waals surface area contributed by atoms with E-state index < -0.39 is 6.10 Å². The zero-order valence-corrected chi connectivity index (χ0v) is 15.0. The molecule has 0 aliphatic carbocycles. The molecule has 1 heterocycles. The first kappa shape index (κ1) is 19.1. The number of aromatic nitrogens is 1. The fraction of sp³-hybridized carbons (Fsp3) is 0.421. The number of aliphatic hydroxyl groups excluding tert-OH is 1. The maximum Gasteiger partial charge on any atom is 0.253 e. The highest BCUT2D eigenvalue weighted by Gasteiger charge is 2.19. The van der Waals surface area contributed by atoms with E-state index in [9.17, 15) is 14.3 Å². The van der Waals surface area contributed by atoms with Gasteiger partial charge in [-0.05, 0) is 37.7 Å². The van der Waals surface area contributed by atoms with Crippen LogP contribution in [0, 0.1) is 12.7 Å². The predicted octanol–water partition coefficient (Wildman–Crippen LogP) is 2.56. The van der Waals surface area contributed by atoms with Crippen LogP contribution >= 0.6 is 0 Å². The number of aryl methyl sites for hydroxylation is 1. The summed E-state index contributed by atoms with van der Waals surface area (Å²) < 4.78 is 13.1. The summed E-state index contributed by atoms with van der Waals surface area (Å²) in [5, 5.41) is 12.9. The second-order valence-electron chi connectivity index (χ2n) is 6.06. The minimum atomic E-state index is -0.627. The maximum atomic E-state index is 13.1. The summed E-state index contributed by atoms with van der Waals surface area (Å²) in [5.74, 6) is -0.571. The SMILES string of the molecule is CCN(CC)CC(O)CNC(=O)c1c(-c2ccc(F)cc2)c[nH]c1C. The Hall–Kier alpha value is -2.18. The number of nitrogens with zero attached hydrogens (tertiary/aromatic N) is 1. The van der Waals surface area contributed by atoms with Gasteiger partial charge < -0.3 is 20.3 Å². The van der Waals surface area contributed by atoms with Gasteiger partial charge in [-0.2, -0.15) is 0 Å². The lowest BCUT2D eigenvalue weighted by molar-refractivity contribution is 0.0869. The summed E-state index contributed by atoms with van der Waals surface area (Å²) in [4.78, 5) is 17.7. The van der Waals surface area contributed by atoms with Crippen LogP contribution < -0.4 is 5.32 Å². The topological polar surface area (TPSA) is 68.4 Å². The fourth-order valence-electron chi connectivity index (χ4n) is 2.82. The minimum absolute atomic E-state index is 0.183. The van der Waals surface area contributed by atoms with Crippen LogP contribution in [-0.4, -0.2) is 53.2 Å². The third kappa shape index (κ3) is 4.90. The third-order valence-corrected chi connectivity index (χ3v) is 4.32. The van der Waals surface area contributed by atoms with Crippen LogP contribution in [0.25, 0.3) is 11.1 Å². The Morgan fingerprint density at radius 2 is 1.92 bits per heavy atom. The number of amides is 1. The van der Waals surface area contributed by atoms with Gasteiger partial charge >= 0.3 is 0 Å². The van der Waals surface area contributed by atoms with Crippen molar-refractivity contribution in [2.75, 3.05) is 26.2 Å². The van der Waals surface area contributed by atoms with Gasteiger partial charge in [-0.3, -0.25) is 4.79 Å². The van der Waals surface area contributed by atoms with Crippen LogP contribution in [0.5, 0.6) is 0 Å². The average Bonchev–Trinajstić information content (AvgIpc) is 2.99. The van der Waals surface area contributed by atoms with E-state index in [-0.39, 0.29) is 18.3 Å². The van der Waals surface area contributed by atoms with Crippen molar-refractivity contribution in [1.29, 1.82) is 0 Å². The van der Waals surface area contributed by atoms with Gasteiger partial charge in [-0.1, -0.05) is 26.0 Å². The van der Waals surface area contributed by atoms with Gasteiger partial charge in [0.15, 0.2) is 0 Å². The third-order valence-electron chi connectivity index (χ3n) is 4.32. The molecule has 136 valence electrons. The first-order chi connectivity index (χ1) is 12.0. The molecular formula is C19H26FN3O2. The lowest BCUT2D eigenvalue weighted by Crippen LogP contribution is -2.40. The molecule has 1 aromatic carbocycles. The van der Waals surface area contributed by atoms with Crippen molar-refractivity contribution in [3.05, 3.63) is 47.5 Å². The Labute approximate surface area is 147 Å². The number of halogens is 1. The second-order valence-corrected chi connectivity index (χ2v) is 6.06. The van der Waals surface area contributed by atoms with Gasteiger partial charge in [0, 0.05) is 30.5 Å². The largest absolute Gasteiger partial charge is 0.390 e. The molecule has 1 unspecified atom stereocenters. The summed E-state index contributed by atoms with van der Waals surface area (Å²) in [6, 6.07) is 6.02. The van der Waals surface area contributed by atoms with E-state index in [2.05, 4.69) is 15.2 Å². The summed E-state index contributed by atoms with van der Waals surface area (Å²) >= 11 is 0. The lowest BCUT2D eigenvalue weighted by Gasteiger charge is -2.22. The quantitative estimate of drug-likeness (QED) is 0.687. The van der Waals surface area contributed by atoms with Crippen LogP contribution in [0.4, 0.5) is 4.39 Å². The molecule has 6 heteroatoms. The Morgan fingerprint density at radius 1 is 1.28 bits per heavy atom. The minimum Gasteiger partial charge on any atom is -0.390 e. The van der Waals surface area contributed by atoms with E-state index in [0.717, 1.165) is 24.3 Å².